The molecule has 1 amide bonds. The van der Waals surface area contributed by atoms with Crippen LogP contribution in [0.5, 0.6) is 0 Å². The summed E-state index contributed by atoms with van der Waals surface area (Å²) in [5.74, 6) is 0.0337. The fraction of sp³-hybridized carbons (Fsp3) is 0.261. The fourth-order valence-corrected chi connectivity index (χ4v) is 3.69. The van der Waals surface area contributed by atoms with Crippen molar-refractivity contribution in [3.05, 3.63) is 72.1 Å². The molecule has 2 N–H and O–H groups in total. The van der Waals surface area contributed by atoms with E-state index in [2.05, 4.69) is 20.4 Å². The molecule has 9 heteroatoms. The number of carbonyl (C=O) groups excluding carboxylic acids is 2. The number of amides is 1. The molecule has 164 valence electrons. The summed E-state index contributed by atoms with van der Waals surface area (Å²) in [6, 6.07) is 6.85. The predicted molar refractivity (Wildman–Crippen MR) is 119 cm³/mol. The van der Waals surface area contributed by atoms with Crippen molar-refractivity contribution in [2.24, 2.45) is 0 Å². The van der Waals surface area contributed by atoms with Crippen LogP contribution in [0.3, 0.4) is 0 Å². The van der Waals surface area contributed by atoms with Crippen molar-refractivity contribution in [3.63, 3.8) is 0 Å². The molecule has 0 fully saturated rings. The van der Waals surface area contributed by atoms with E-state index in [4.69, 9.17) is 0 Å². The standard InChI is InChI=1S/C23H24N6O3/c1-15(2)19-5-8-26-29(19)14-22(31)27-21-11-16(3-7-25-21)23(32)18-13-28(9-10-30)20-4-6-24-12-17(18)20/h3-8,11-13,15,30H,9-10,14H2,1-2H3,(H,25,27,31). The Labute approximate surface area is 184 Å². The van der Waals surface area contributed by atoms with Crippen molar-refractivity contribution in [1.82, 2.24) is 24.3 Å². The Morgan fingerprint density at radius 3 is 2.78 bits per heavy atom. The van der Waals surface area contributed by atoms with Crippen molar-refractivity contribution in [2.75, 3.05) is 11.9 Å². The quantitative estimate of drug-likeness (QED) is 0.414. The van der Waals surface area contributed by atoms with E-state index >= 15 is 0 Å². The summed E-state index contributed by atoms with van der Waals surface area (Å²) in [5.41, 5.74) is 2.65. The third-order valence-corrected chi connectivity index (χ3v) is 5.19. The Balaban J connectivity index is 1.55. The van der Waals surface area contributed by atoms with Crippen molar-refractivity contribution < 1.29 is 14.7 Å². The Hall–Kier alpha value is -3.85. The zero-order valence-electron chi connectivity index (χ0n) is 17.9. The second-order valence-electron chi connectivity index (χ2n) is 7.73. The summed E-state index contributed by atoms with van der Waals surface area (Å²) < 4.78 is 3.47. The van der Waals surface area contributed by atoms with Crippen molar-refractivity contribution in [1.29, 1.82) is 0 Å². The molecule has 0 radical (unpaired) electrons. The van der Waals surface area contributed by atoms with E-state index in [1.54, 1.807) is 47.7 Å². The van der Waals surface area contributed by atoms with Crippen LogP contribution in [0.1, 0.15) is 41.4 Å². The van der Waals surface area contributed by atoms with E-state index in [0.717, 1.165) is 11.2 Å². The van der Waals surface area contributed by atoms with Crippen LogP contribution in [0, 0.1) is 0 Å². The topological polar surface area (TPSA) is 115 Å². The van der Waals surface area contributed by atoms with E-state index in [-0.39, 0.29) is 36.6 Å². The zero-order valence-corrected chi connectivity index (χ0v) is 17.9. The van der Waals surface area contributed by atoms with Crippen LogP contribution in [0.4, 0.5) is 5.82 Å². The molecule has 0 aliphatic heterocycles. The molecule has 0 unspecified atom stereocenters. The van der Waals surface area contributed by atoms with E-state index in [0.29, 0.717) is 23.1 Å². The highest BCUT2D eigenvalue weighted by atomic mass is 16.3. The maximum absolute atomic E-state index is 13.2. The van der Waals surface area contributed by atoms with Gasteiger partial charge in [0.05, 0.1) is 12.1 Å². The maximum atomic E-state index is 13.2. The van der Waals surface area contributed by atoms with E-state index < -0.39 is 0 Å². The molecule has 9 nitrogen and oxygen atoms in total. The van der Waals surface area contributed by atoms with Gasteiger partial charge >= 0.3 is 0 Å². The summed E-state index contributed by atoms with van der Waals surface area (Å²) >= 11 is 0. The first kappa shape index (κ1) is 21.4. The minimum absolute atomic E-state index is 0.0417. The monoisotopic (exact) mass is 432 g/mol. The average Bonchev–Trinajstić information content (AvgIpc) is 3.39. The fourth-order valence-electron chi connectivity index (χ4n) is 3.69. The van der Waals surface area contributed by atoms with Gasteiger partial charge in [-0.2, -0.15) is 5.10 Å². The van der Waals surface area contributed by atoms with Crippen LogP contribution in [0.2, 0.25) is 0 Å². The smallest absolute Gasteiger partial charge is 0.247 e. The van der Waals surface area contributed by atoms with E-state index in [1.807, 2.05) is 24.5 Å². The predicted octanol–water partition coefficient (Wildman–Crippen LogP) is 2.61. The summed E-state index contributed by atoms with van der Waals surface area (Å²) in [5, 5.41) is 17.0. The first-order valence-electron chi connectivity index (χ1n) is 10.3. The highest BCUT2D eigenvalue weighted by molar-refractivity contribution is 6.16. The minimum atomic E-state index is -0.281. The third-order valence-electron chi connectivity index (χ3n) is 5.19. The molecular formula is C23H24N6O3. The number of fused-ring (bicyclic) bond motifs is 1. The second kappa shape index (κ2) is 9.11. The lowest BCUT2D eigenvalue weighted by atomic mass is 10.0. The van der Waals surface area contributed by atoms with Crippen molar-refractivity contribution >= 4 is 28.4 Å². The molecule has 32 heavy (non-hydrogen) atoms. The van der Waals surface area contributed by atoms with Crippen LogP contribution in [-0.2, 0) is 17.9 Å². The van der Waals surface area contributed by atoms with Gasteiger partial charge in [0, 0.05) is 59.7 Å². The molecule has 0 saturated carbocycles. The summed E-state index contributed by atoms with van der Waals surface area (Å²) in [4.78, 5) is 34.1. The number of rotatable bonds is 8. The van der Waals surface area contributed by atoms with E-state index in [1.165, 1.54) is 6.20 Å². The highest BCUT2D eigenvalue weighted by Crippen LogP contribution is 2.24. The number of hydrogen-bond donors (Lipinski definition) is 2. The molecule has 0 saturated heterocycles. The summed E-state index contributed by atoms with van der Waals surface area (Å²) in [6.07, 6.45) is 8.16. The number of ketones is 1. The lowest BCUT2D eigenvalue weighted by Crippen LogP contribution is -2.22. The number of aliphatic hydroxyl groups is 1. The molecule has 0 spiro atoms. The molecule has 0 aromatic carbocycles. The van der Waals surface area contributed by atoms with Gasteiger partial charge in [-0.3, -0.25) is 19.3 Å². The maximum Gasteiger partial charge on any atom is 0.247 e. The Kier molecular flexibility index (Phi) is 6.09. The van der Waals surface area contributed by atoms with Crippen molar-refractivity contribution in [2.45, 2.75) is 32.9 Å². The van der Waals surface area contributed by atoms with Gasteiger partial charge in [0.2, 0.25) is 5.91 Å². The lowest BCUT2D eigenvalue weighted by Gasteiger charge is -2.10. The van der Waals surface area contributed by atoms with Gasteiger partial charge in [-0.05, 0) is 30.2 Å². The van der Waals surface area contributed by atoms with Crippen LogP contribution in [-0.4, -0.2) is 47.7 Å². The van der Waals surface area contributed by atoms with Crippen LogP contribution < -0.4 is 5.32 Å². The average molecular weight is 432 g/mol. The number of aromatic nitrogens is 5. The molecule has 0 aliphatic carbocycles. The van der Waals surface area contributed by atoms with Gasteiger partial charge < -0.3 is 15.0 Å². The number of carbonyl (C=O) groups is 2. The zero-order chi connectivity index (χ0) is 22.7. The number of anilines is 1. The van der Waals surface area contributed by atoms with Crippen molar-refractivity contribution in [3.8, 4) is 0 Å². The molecule has 4 heterocycles. The number of nitrogens with one attached hydrogen (secondary N) is 1. The summed E-state index contributed by atoms with van der Waals surface area (Å²) in [7, 11) is 0. The van der Waals surface area contributed by atoms with Gasteiger partial charge in [0.1, 0.15) is 12.4 Å². The largest absolute Gasteiger partial charge is 0.395 e. The number of aliphatic hydroxyl groups excluding tert-OH is 1. The van der Waals surface area contributed by atoms with Crippen LogP contribution in [0.25, 0.3) is 10.9 Å². The van der Waals surface area contributed by atoms with Crippen LogP contribution >= 0.6 is 0 Å². The van der Waals surface area contributed by atoms with Gasteiger partial charge in [-0.15, -0.1) is 0 Å². The van der Waals surface area contributed by atoms with Gasteiger partial charge in [0.25, 0.3) is 0 Å². The first-order chi connectivity index (χ1) is 15.5. The van der Waals surface area contributed by atoms with Gasteiger partial charge in [-0.25, -0.2) is 4.98 Å². The van der Waals surface area contributed by atoms with Gasteiger partial charge in [0.15, 0.2) is 5.78 Å². The Morgan fingerprint density at radius 2 is 2.00 bits per heavy atom. The summed E-state index contributed by atoms with van der Waals surface area (Å²) in [6.45, 7) is 4.46. The van der Waals surface area contributed by atoms with Crippen LogP contribution in [0.15, 0.2) is 55.2 Å². The SMILES string of the molecule is CC(C)c1ccnn1CC(=O)Nc1cc(C(=O)c2cn(CCO)c3ccncc23)ccn1. The van der Waals surface area contributed by atoms with E-state index in [9.17, 15) is 14.7 Å². The lowest BCUT2D eigenvalue weighted by molar-refractivity contribution is -0.117. The molecule has 4 rings (SSSR count). The minimum Gasteiger partial charge on any atom is -0.395 e. The second-order valence-corrected chi connectivity index (χ2v) is 7.73. The van der Waals surface area contributed by atoms with Gasteiger partial charge in [-0.1, -0.05) is 13.8 Å². The highest BCUT2D eigenvalue weighted by Gasteiger charge is 2.18. The molecule has 4 aromatic rings. The molecular weight excluding hydrogens is 408 g/mol. The first-order valence-corrected chi connectivity index (χ1v) is 10.3. The number of nitrogens with zero attached hydrogens (tertiary/aromatic N) is 5. The molecule has 4 aromatic heterocycles. The normalized spacial score (nSPS) is 11.2. The molecule has 0 aliphatic rings. The molecule has 0 atom stereocenters. The Bertz CT molecular complexity index is 1270. The third kappa shape index (κ3) is 4.28. The Morgan fingerprint density at radius 1 is 1.16 bits per heavy atom. The number of hydrogen-bond acceptors (Lipinski definition) is 6. The number of pyridine rings is 2. The molecule has 0 bridgehead atoms.